The molecule has 2 N–H and O–H groups in total. The van der Waals surface area contributed by atoms with E-state index in [1.165, 1.54) is 0 Å². The van der Waals surface area contributed by atoms with Crippen molar-refractivity contribution in [2.24, 2.45) is 11.7 Å². The first-order valence-electron chi connectivity index (χ1n) is 5.01. The van der Waals surface area contributed by atoms with Crippen LogP contribution in [0.1, 0.15) is 39.5 Å². The minimum atomic E-state index is -0.336. The molecule has 0 aliphatic rings. The molecule has 0 saturated heterocycles. The van der Waals surface area contributed by atoms with E-state index >= 15 is 0 Å². The maximum atomic E-state index is 11.4. The van der Waals surface area contributed by atoms with Gasteiger partial charge in [-0.05, 0) is 12.3 Å². The zero-order valence-electron chi connectivity index (χ0n) is 8.75. The van der Waals surface area contributed by atoms with Gasteiger partial charge < -0.3 is 5.73 Å². The molecule has 0 radical (unpaired) electrons. The Kier molecular flexibility index (Phi) is 6.51. The summed E-state index contributed by atoms with van der Waals surface area (Å²) in [6.07, 6.45) is 5.14. The van der Waals surface area contributed by atoms with E-state index in [9.17, 15) is 4.79 Å². The number of rotatable bonds is 7. The molecular formula is C11H21NO. The van der Waals surface area contributed by atoms with Gasteiger partial charge in [0.25, 0.3) is 0 Å². The maximum absolute atomic E-state index is 11.4. The summed E-state index contributed by atoms with van der Waals surface area (Å²) in [4.78, 5) is 11.4. The molecule has 2 unspecified atom stereocenters. The molecule has 2 atom stereocenters. The van der Waals surface area contributed by atoms with Crippen LogP contribution in [0.15, 0.2) is 12.7 Å². The predicted molar refractivity (Wildman–Crippen MR) is 56.5 cm³/mol. The molecular weight excluding hydrogens is 162 g/mol. The summed E-state index contributed by atoms with van der Waals surface area (Å²) in [5.74, 6) is 0.634. The summed E-state index contributed by atoms with van der Waals surface area (Å²) in [5.41, 5.74) is 5.65. The zero-order chi connectivity index (χ0) is 10.3. The highest BCUT2D eigenvalue weighted by molar-refractivity contribution is 5.84. The number of carbonyl (C=O) groups is 1. The Bertz CT molecular complexity index is 165. The van der Waals surface area contributed by atoms with Crippen molar-refractivity contribution in [3.63, 3.8) is 0 Å². The Morgan fingerprint density at radius 2 is 2.23 bits per heavy atom. The third kappa shape index (κ3) is 5.58. The topological polar surface area (TPSA) is 43.1 Å². The molecule has 2 heteroatoms. The van der Waals surface area contributed by atoms with Crippen molar-refractivity contribution in [2.75, 3.05) is 0 Å². The summed E-state index contributed by atoms with van der Waals surface area (Å²) in [5, 5.41) is 0. The number of Topliss-reactive ketones (excluding diaryl/α,β-unsaturated/α-hetero) is 1. The molecule has 0 aromatic carbocycles. The van der Waals surface area contributed by atoms with Gasteiger partial charge >= 0.3 is 0 Å². The van der Waals surface area contributed by atoms with Gasteiger partial charge in [-0.25, -0.2) is 0 Å². The van der Waals surface area contributed by atoms with E-state index in [4.69, 9.17) is 5.73 Å². The summed E-state index contributed by atoms with van der Waals surface area (Å²) < 4.78 is 0. The molecule has 0 fully saturated rings. The van der Waals surface area contributed by atoms with Crippen LogP contribution in [-0.2, 0) is 4.79 Å². The van der Waals surface area contributed by atoms with Crippen LogP contribution in [0, 0.1) is 5.92 Å². The van der Waals surface area contributed by atoms with Gasteiger partial charge in [0.2, 0.25) is 0 Å². The molecule has 0 rings (SSSR count). The average Bonchev–Trinajstić information content (AvgIpc) is 2.05. The summed E-state index contributed by atoms with van der Waals surface area (Å²) >= 11 is 0. The van der Waals surface area contributed by atoms with Crippen LogP contribution in [0.5, 0.6) is 0 Å². The summed E-state index contributed by atoms with van der Waals surface area (Å²) in [7, 11) is 0. The molecule has 13 heavy (non-hydrogen) atoms. The Morgan fingerprint density at radius 1 is 1.62 bits per heavy atom. The number of hydrogen-bond donors (Lipinski definition) is 1. The standard InChI is InChI=1S/C11H21NO/c1-4-6-9(3)8-11(13)10(12)7-5-2/h5,9-10H,2,4,6-8,12H2,1,3H3. The smallest absolute Gasteiger partial charge is 0.150 e. The highest BCUT2D eigenvalue weighted by atomic mass is 16.1. The minimum Gasteiger partial charge on any atom is -0.321 e. The lowest BCUT2D eigenvalue weighted by Crippen LogP contribution is -2.30. The first-order valence-corrected chi connectivity index (χ1v) is 5.01. The molecule has 0 bridgehead atoms. The zero-order valence-corrected chi connectivity index (χ0v) is 8.75. The first kappa shape index (κ1) is 12.4. The fourth-order valence-corrected chi connectivity index (χ4v) is 1.40. The monoisotopic (exact) mass is 183 g/mol. The van der Waals surface area contributed by atoms with Crippen LogP contribution in [0.4, 0.5) is 0 Å². The van der Waals surface area contributed by atoms with Gasteiger partial charge in [0.1, 0.15) is 5.78 Å². The van der Waals surface area contributed by atoms with Crippen molar-refractivity contribution in [2.45, 2.75) is 45.6 Å². The molecule has 0 aromatic rings. The van der Waals surface area contributed by atoms with Crippen molar-refractivity contribution >= 4 is 5.78 Å². The minimum absolute atomic E-state index is 0.167. The Labute approximate surface area is 81.2 Å². The molecule has 0 saturated carbocycles. The van der Waals surface area contributed by atoms with Crippen LogP contribution < -0.4 is 5.73 Å². The second-order valence-electron chi connectivity index (χ2n) is 3.70. The van der Waals surface area contributed by atoms with Crippen molar-refractivity contribution < 1.29 is 4.79 Å². The Balaban J connectivity index is 3.77. The largest absolute Gasteiger partial charge is 0.321 e. The lowest BCUT2D eigenvalue weighted by Gasteiger charge is -2.12. The van der Waals surface area contributed by atoms with E-state index in [0.29, 0.717) is 18.8 Å². The molecule has 2 nitrogen and oxygen atoms in total. The van der Waals surface area contributed by atoms with Gasteiger partial charge in [-0.1, -0.05) is 32.8 Å². The molecule has 0 aliphatic heterocycles. The predicted octanol–water partition coefficient (Wildman–Crippen LogP) is 2.29. The van der Waals surface area contributed by atoms with Crippen molar-refractivity contribution in [3.05, 3.63) is 12.7 Å². The van der Waals surface area contributed by atoms with Crippen molar-refractivity contribution in [3.8, 4) is 0 Å². The molecule has 0 amide bonds. The SMILES string of the molecule is C=CCC(N)C(=O)CC(C)CCC. The van der Waals surface area contributed by atoms with Crippen LogP contribution in [0.25, 0.3) is 0 Å². The van der Waals surface area contributed by atoms with E-state index in [0.717, 1.165) is 12.8 Å². The van der Waals surface area contributed by atoms with Gasteiger partial charge in [0.05, 0.1) is 6.04 Å². The summed E-state index contributed by atoms with van der Waals surface area (Å²) in [6, 6.07) is -0.336. The van der Waals surface area contributed by atoms with Crippen molar-refractivity contribution in [1.82, 2.24) is 0 Å². The molecule has 0 spiro atoms. The molecule has 0 aromatic heterocycles. The van der Waals surface area contributed by atoms with Gasteiger partial charge in [-0.3, -0.25) is 4.79 Å². The number of hydrogen-bond acceptors (Lipinski definition) is 2. The Hall–Kier alpha value is -0.630. The first-order chi connectivity index (χ1) is 6.11. The fraction of sp³-hybridized carbons (Fsp3) is 0.727. The molecule has 0 aliphatic carbocycles. The molecule has 76 valence electrons. The normalized spacial score (nSPS) is 15.0. The van der Waals surface area contributed by atoms with Crippen LogP contribution in [-0.4, -0.2) is 11.8 Å². The Morgan fingerprint density at radius 3 is 2.69 bits per heavy atom. The van der Waals surface area contributed by atoms with Crippen molar-refractivity contribution in [1.29, 1.82) is 0 Å². The van der Waals surface area contributed by atoms with E-state index in [1.54, 1.807) is 6.08 Å². The van der Waals surface area contributed by atoms with E-state index < -0.39 is 0 Å². The van der Waals surface area contributed by atoms with Gasteiger partial charge in [-0.2, -0.15) is 0 Å². The third-order valence-corrected chi connectivity index (χ3v) is 2.17. The maximum Gasteiger partial charge on any atom is 0.150 e. The van der Waals surface area contributed by atoms with Gasteiger partial charge in [0, 0.05) is 6.42 Å². The van der Waals surface area contributed by atoms with E-state index in [-0.39, 0.29) is 11.8 Å². The van der Waals surface area contributed by atoms with Crippen LogP contribution >= 0.6 is 0 Å². The second-order valence-corrected chi connectivity index (χ2v) is 3.70. The number of nitrogens with two attached hydrogens (primary N) is 1. The fourth-order valence-electron chi connectivity index (χ4n) is 1.40. The number of ketones is 1. The van der Waals surface area contributed by atoms with E-state index in [2.05, 4.69) is 20.4 Å². The lowest BCUT2D eigenvalue weighted by molar-refractivity contribution is -0.121. The van der Waals surface area contributed by atoms with Gasteiger partial charge in [0.15, 0.2) is 0 Å². The summed E-state index contributed by atoms with van der Waals surface area (Å²) in [6.45, 7) is 7.80. The van der Waals surface area contributed by atoms with Crippen LogP contribution in [0.2, 0.25) is 0 Å². The highest BCUT2D eigenvalue weighted by Gasteiger charge is 2.14. The lowest BCUT2D eigenvalue weighted by atomic mass is 9.95. The third-order valence-electron chi connectivity index (χ3n) is 2.17. The van der Waals surface area contributed by atoms with E-state index in [1.807, 2.05) is 0 Å². The quantitative estimate of drug-likeness (QED) is 0.615. The van der Waals surface area contributed by atoms with Gasteiger partial charge in [-0.15, -0.1) is 6.58 Å². The second kappa shape index (κ2) is 6.84. The highest BCUT2D eigenvalue weighted by Crippen LogP contribution is 2.11. The number of carbonyl (C=O) groups excluding carboxylic acids is 1. The molecule has 0 heterocycles. The average molecular weight is 183 g/mol. The van der Waals surface area contributed by atoms with Crippen LogP contribution in [0.3, 0.4) is 0 Å².